The number of benzene rings is 1. The van der Waals surface area contributed by atoms with Gasteiger partial charge in [0.1, 0.15) is 5.75 Å². The number of phenols is 1. The standard InChI is InChI=1S/C13H15NO3S/c15-13-3-1-2-10-11(13)4-5-12(10)14-9-6-7-18(16,17)8-9/h1-3,6-7,9,12,14-15H,4-5,8H2. The van der Waals surface area contributed by atoms with Gasteiger partial charge in [-0.1, -0.05) is 18.2 Å². The van der Waals surface area contributed by atoms with E-state index in [2.05, 4.69) is 5.32 Å². The molecule has 1 aromatic rings. The van der Waals surface area contributed by atoms with Crippen molar-refractivity contribution in [3.8, 4) is 5.75 Å². The summed E-state index contributed by atoms with van der Waals surface area (Å²) in [6.07, 6.45) is 3.44. The van der Waals surface area contributed by atoms with Gasteiger partial charge in [-0.3, -0.25) is 0 Å². The van der Waals surface area contributed by atoms with Crippen molar-refractivity contribution in [2.75, 3.05) is 5.75 Å². The van der Waals surface area contributed by atoms with Gasteiger partial charge in [-0.25, -0.2) is 8.42 Å². The molecule has 0 bridgehead atoms. The molecule has 0 aromatic heterocycles. The first-order chi connectivity index (χ1) is 8.55. The molecule has 0 fully saturated rings. The zero-order valence-electron chi connectivity index (χ0n) is 9.83. The van der Waals surface area contributed by atoms with E-state index in [9.17, 15) is 13.5 Å². The first-order valence-electron chi connectivity index (χ1n) is 6.03. The molecular formula is C13H15NO3S. The highest BCUT2D eigenvalue weighted by molar-refractivity contribution is 7.94. The van der Waals surface area contributed by atoms with Crippen LogP contribution in [0.3, 0.4) is 0 Å². The molecule has 2 aliphatic rings. The number of aromatic hydroxyl groups is 1. The Bertz CT molecular complexity index is 607. The number of fused-ring (bicyclic) bond motifs is 1. The first kappa shape index (κ1) is 11.7. The minimum absolute atomic E-state index is 0.117. The van der Waals surface area contributed by atoms with E-state index < -0.39 is 9.84 Å². The zero-order chi connectivity index (χ0) is 12.8. The largest absolute Gasteiger partial charge is 0.508 e. The summed E-state index contributed by atoms with van der Waals surface area (Å²) in [6, 6.07) is 5.53. The normalized spacial score (nSPS) is 28.4. The third-order valence-electron chi connectivity index (χ3n) is 3.59. The summed E-state index contributed by atoms with van der Waals surface area (Å²) in [6.45, 7) is 0. The smallest absolute Gasteiger partial charge is 0.173 e. The van der Waals surface area contributed by atoms with Crippen LogP contribution in [0, 0.1) is 0 Å². The van der Waals surface area contributed by atoms with E-state index in [1.165, 1.54) is 5.41 Å². The second-order valence-corrected chi connectivity index (χ2v) is 6.80. The molecule has 1 aromatic carbocycles. The number of nitrogens with one attached hydrogen (secondary N) is 1. The summed E-state index contributed by atoms with van der Waals surface area (Å²) in [5.41, 5.74) is 2.08. The molecule has 2 atom stereocenters. The Morgan fingerprint density at radius 1 is 1.33 bits per heavy atom. The van der Waals surface area contributed by atoms with Crippen LogP contribution in [0.2, 0.25) is 0 Å². The van der Waals surface area contributed by atoms with Gasteiger partial charge in [-0.2, -0.15) is 0 Å². The van der Waals surface area contributed by atoms with E-state index in [4.69, 9.17) is 0 Å². The van der Waals surface area contributed by atoms with Crippen molar-refractivity contribution in [2.24, 2.45) is 0 Å². The fourth-order valence-electron chi connectivity index (χ4n) is 2.75. The Morgan fingerprint density at radius 2 is 2.17 bits per heavy atom. The van der Waals surface area contributed by atoms with E-state index in [0.717, 1.165) is 24.0 Å². The molecule has 0 radical (unpaired) electrons. The summed E-state index contributed by atoms with van der Waals surface area (Å²) in [7, 11) is -3.02. The van der Waals surface area contributed by atoms with Crippen LogP contribution in [0.25, 0.3) is 0 Å². The van der Waals surface area contributed by atoms with E-state index in [1.54, 1.807) is 12.1 Å². The average Bonchev–Trinajstić information content (AvgIpc) is 2.85. The molecule has 96 valence electrons. The topological polar surface area (TPSA) is 66.4 Å². The molecule has 2 N–H and O–H groups in total. The molecular weight excluding hydrogens is 250 g/mol. The number of hydrogen-bond acceptors (Lipinski definition) is 4. The van der Waals surface area contributed by atoms with Crippen molar-refractivity contribution in [1.82, 2.24) is 5.32 Å². The van der Waals surface area contributed by atoms with Crippen molar-refractivity contribution in [2.45, 2.75) is 24.9 Å². The van der Waals surface area contributed by atoms with Crippen LogP contribution in [0.5, 0.6) is 5.75 Å². The van der Waals surface area contributed by atoms with Crippen molar-refractivity contribution < 1.29 is 13.5 Å². The van der Waals surface area contributed by atoms with Gasteiger partial charge < -0.3 is 10.4 Å². The van der Waals surface area contributed by atoms with Gasteiger partial charge in [0, 0.05) is 17.5 Å². The van der Waals surface area contributed by atoms with Gasteiger partial charge in [0.25, 0.3) is 0 Å². The molecule has 1 aliphatic carbocycles. The Morgan fingerprint density at radius 3 is 2.89 bits per heavy atom. The molecule has 0 saturated carbocycles. The molecule has 4 nitrogen and oxygen atoms in total. The molecule has 0 saturated heterocycles. The van der Waals surface area contributed by atoms with Gasteiger partial charge in [0.05, 0.1) is 5.75 Å². The third-order valence-corrected chi connectivity index (χ3v) is 4.99. The molecule has 18 heavy (non-hydrogen) atoms. The maximum absolute atomic E-state index is 11.3. The average molecular weight is 265 g/mol. The van der Waals surface area contributed by atoms with Crippen molar-refractivity contribution in [1.29, 1.82) is 0 Å². The van der Waals surface area contributed by atoms with Gasteiger partial charge in [-0.15, -0.1) is 0 Å². The number of phenolic OH excluding ortho intramolecular Hbond substituents is 1. The summed E-state index contributed by atoms with van der Waals surface area (Å²) in [5, 5.41) is 14.4. The van der Waals surface area contributed by atoms with Crippen molar-refractivity contribution >= 4 is 9.84 Å². The lowest BCUT2D eigenvalue weighted by Gasteiger charge is -2.18. The molecule has 2 unspecified atom stereocenters. The van der Waals surface area contributed by atoms with Gasteiger partial charge in [-0.05, 0) is 30.0 Å². The molecule has 1 heterocycles. The molecule has 1 aliphatic heterocycles. The van der Waals surface area contributed by atoms with Crippen LogP contribution in [-0.2, 0) is 16.3 Å². The van der Waals surface area contributed by atoms with E-state index in [1.807, 2.05) is 12.1 Å². The van der Waals surface area contributed by atoms with Crippen LogP contribution < -0.4 is 5.32 Å². The molecule has 0 spiro atoms. The molecule has 3 rings (SSSR count). The SMILES string of the molecule is O=S1(=O)C=CC(NC2CCc3c(O)cccc32)C1. The maximum Gasteiger partial charge on any atom is 0.173 e. The summed E-state index contributed by atoms with van der Waals surface area (Å²) in [4.78, 5) is 0. The Kier molecular flexibility index (Phi) is 2.68. The van der Waals surface area contributed by atoms with Gasteiger partial charge in [0.15, 0.2) is 9.84 Å². The minimum Gasteiger partial charge on any atom is -0.508 e. The van der Waals surface area contributed by atoms with Crippen LogP contribution in [0.4, 0.5) is 0 Å². The number of sulfone groups is 1. The van der Waals surface area contributed by atoms with Crippen LogP contribution in [-0.4, -0.2) is 25.3 Å². The Labute approximate surface area is 106 Å². The summed E-state index contributed by atoms with van der Waals surface area (Å²) >= 11 is 0. The van der Waals surface area contributed by atoms with Crippen molar-refractivity contribution in [3.63, 3.8) is 0 Å². The maximum atomic E-state index is 11.3. The monoisotopic (exact) mass is 265 g/mol. The minimum atomic E-state index is -3.02. The quantitative estimate of drug-likeness (QED) is 0.845. The summed E-state index contributed by atoms with van der Waals surface area (Å²) < 4.78 is 22.7. The highest BCUT2D eigenvalue weighted by Crippen LogP contribution is 2.36. The molecule has 0 amide bonds. The lowest BCUT2D eigenvalue weighted by atomic mass is 10.1. The van der Waals surface area contributed by atoms with Gasteiger partial charge >= 0.3 is 0 Å². The Balaban J connectivity index is 1.78. The second kappa shape index (κ2) is 4.10. The van der Waals surface area contributed by atoms with E-state index in [0.29, 0.717) is 5.75 Å². The number of rotatable bonds is 2. The fraction of sp³-hybridized carbons (Fsp3) is 0.385. The van der Waals surface area contributed by atoms with E-state index in [-0.39, 0.29) is 17.8 Å². The lowest BCUT2D eigenvalue weighted by Crippen LogP contribution is -2.32. The zero-order valence-corrected chi connectivity index (χ0v) is 10.7. The first-order valence-corrected chi connectivity index (χ1v) is 7.74. The Hall–Kier alpha value is -1.33. The molecule has 5 heteroatoms. The predicted molar refractivity (Wildman–Crippen MR) is 69.0 cm³/mol. The fourth-order valence-corrected chi connectivity index (χ4v) is 3.99. The lowest BCUT2D eigenvalue weighted by molar-refractivity contribution is 0.469. The summed E-state index contributed by atoms with van der Waals surface area (Å²) in [5.74, 6) is 0.476. The highest BCUT2D eigenvalue weighted by Gasteiger charge is 2.29. The third kappa shape index (κ3) is 2.04. The van der Waals surface area contributed by atoms with Crippen LogP contribution >= 0.6 is 0 Å². The van der Waals surface area contributed by atoms with Gasteiger partial charge in [0.2, 0.25) is 0 Å². The second-order valence-electron chi connectivity index (χ2n) is 4.87. The van der Waals surface area contributed by atoms with Crippen LogP contribution in [0.15, 0.2) is 29.7 Å². The van der Waals surface area contributed by atoms with Crippen LogP contribution in [0.1, 0.15) is 23.6 Å². The number of hydrogen-bond donors (Lipinski definition) is 2. The predicted octanol–water partition coefficient (Wildman–Crippen LogP) is 1.28. The van der Waals surface area contributed by atoms with Crippen molar-refractivity contribution in [3.05, 3.63) is 40.8 Å². The highest BCUT2D eigenvalue weighted by atomic mass is 32.2. The van der Waals surface area contributed by atoms with E-state index >= 15 is 0 Å².